The van der Waals surface area contributed by atoms with Gasteiger partial charge in [-0.3, -0.25) is 9.48 Å². The van der Waals surface area contributed by atoms with Crippen molar-refractivity contribution in [2.75, 3.05) is 6.61 Å². The number of amides is 1. The molecule has 1 aromatic rings. The summed E-state index contributed by atoms with van der Waals surface area (Å²) >= 11 is 0. The number of nitrogens with zero attached hydrogens (tertiary/aromatic N) is 2. The lowest BCUT2D eigenvalue weighted by Crippen LogP contribution is -2.38. The van der Waals surface area contributed by atoms with Crippen molar-refractivity contribution in [3.8, 4) is 0 Å². The molecule has 1 aliphatic rings. The van der Waals surface area contributed by atoms with Crippen LogP contribution in [0, 0.1) is 12.8 Å². The van der Waals surface area contributed by atoms with E-state index < -0.39 is 0 Å². The van der Waals surface area contributed by atoms with Gasteiger partial charge in [-0.1, -0.05) is 0 Å². The molecule has 0 spiro atoms. The fourth-order valence-corrected chi connectivity index (χ4v) is 2.72. The van der Waals surface area contributed by atoms with Crippen LogP contribution in [0.2, 0.25) is 0 Å². The van der Waals surface area contributed by atoms with Crippen LogP contribution in [0.25, 0.3) is 0 Å². The van der Waals surface area contributed by atoms with Gasteiger partial charge in [0.15, 0.2) is 0 Å². The Bertz CT molecular complexity index is 434. The number of aliphatic hydroxyl groups is 1. The van der Waals surface area contributed by atoms with E-state index in [1.54, 1.807) is 4.68 Å². The third-order valence-corrected chi connectivity index (χ3v) is 3.87. The molecule has 5 nitrogen and oxygen atoms in total. The monoisotopic (exact) mass is 265 g/mol. The van der Waals surface area contributed by atoms with E-state index >= 15 is 0 Å². The fraction of sp³-hybridized carbons (Fsp3) is 0.714. The number of aliphatic hydroxyl groups excluding tert-OH is 1. The summed E-state index contributed by atoms with van der Waals surface area (Å²) in [5.41, 5.74) is 1.51. The van der Waals surface area contributed by atoms with Crippen LogP contribution in [0.4, 0.5) is 0 Å². The van der Waals surface area contributed by atoms with Gasteiger partial charge in [-0.2, -0.15) is 5.10 Å². The molecule has 19 heavy (non-hydrogen) atoms. The highest BCUT2D eigenvalue weighted by atomic mass is 16.3. The second-order valence-electron chi connectivity index (χ2n) is 5.36. The Kier molecular flexibility index (Phi) is 4.58. The van der Waals surface area contributed by atoms with Crippen LogP contribution in [0.1, 0.15) is 48.8 Å². The number of rotatable bonds is 4. The van der Waals surface area contributed by atoms with Crippen LogP contribution in [0.15, 0.2) is 6.07 Å². The maximum absolute atomic E-state index is 12.2. The Morgan fingerprint density at radius 2 is 2.16 bits per heavy atom. The van der Waals surface area contributed by atoms with Gasteiger partial charge in [-0.05, 0) is 51.5 Å². The normalized spacial score (nSPS) is 23.3. The highest BCUT2D eigenvalue weighted by molar-refractivity contribution is 5.92. The van der Waals surface area contributed by atoms with Crippen molar-refractivity contribution < 1.29 is 9.90 Å². The van der Waals surface area contributed by atoms with Gasteiger partial charge in [0.05, 0.1) is 5.69 Å². The molecule has 0 radical (unpaired) electrons. The zero-order valence-corrected chi connectivity index (χ0v) is 11.7. The van der Waals surface area contributed by atoms with Crippen molar-refractivity contribution in [3.05, 3.63) is 17.5 Å². The van der Waals surface area contributed by atoms with E-state index in [9.17, 15) is 4.79 Å². The molecule has 1 amide bonds. The summed E-state index contributed by atoms with van der Waals surface area (Å²) in [4.78, 5) is 12.2. The molecule has 2 rings (SSSR count). The Morgan fingerprint density at radius 3 is 2.74 bits per heavy atom. The maximum Gasteiger partial charge on any atom is 0.269 e. The van der Waals surface area contributed by atoms with Gasteiger partial charge in [-0.15, -0.1) is 0 Å². The SMILES string of the molecule is CCn1nc(C)cc1C(=O)NC1CCC(CO)CC1. The van der Waals surface area contributed by atoms with Crippen LogP contribution >= 0.6 is 0 Å². The molecule has 1 aliphatic carbocycles. The van der Waals surface area contributed by atoms with Gasteiger partial charge in [0.1, 0.15) is 5.69 Å². The van der Waals surface area contributed by atoms with E-state index in [0.717, 1.165) is 31.4 Å². The summed E-state index contributed by atoms with van der Waals surface area (Å²) in [7, 11) is 0. The quantitative estimate of drug-likeness (QED) is 0.866. The minimum Gasteiger partial charge on any atom is -0.396 e. The second kappa shape index (κ2) is 6.19. The fourth-order valence-electron chi connectivity index (χ4n) is 2.72. The molecular weight excluding hydrogens is 242 g/mol. The van der Waals surface area contributed by atoms with Crippen LogP contribution in [0.5, 0.6) is 0 Å². The van der Waals surface area contributed by atoms with Gasteiger partial charge in [0.25, 0.3) is 5.91 Å². The average molecular weight is 265 g/mol. The van der Waals surface area contributed by atoms with Crippen molar-refractivity contribution >= 4 is 5.91 Å². The van der Waals surface area contributed by atoms with Crippen LogP contribution in [0.3, 0.4) is 0 Å². The predicted octanol–water partition coefficient (Wildman–Crippen LogP) is 1.49. The minimum atomic E-state index is -0.0325. The minimum absolute atomic E-state index is 0.0325. The van der Waals surface area contributed by atoms with Crippen molar-refractivity contribution in [1.29, 1.82) is 0 Å². The van der Waals surface area contributed by atoms with E-state index in [1.807, 2.05) is 19.9 Å². The van der Waals surface area contributed by atoms with E-state index in [4.69, 9.17) is 5.11 Å². The van der Waals surface area contributed by atoms with E-state index in [1.165, 1.54) is 0 Å². The molecule has 0 aromatic carbocycles. The van der Waals surface area contributed by atoms with Gasteiger partial charge in [-0.25, -0.2) is 0 Å². The van der Waals surface area contributed by atoms with Gasteiger partial charge in [0.2, 0.25) is 0 Å². The lowest BCUT2D eigenvalue weighted by atomic mass is 9.86. The van der Waals surface area contributed by atoms with Gasteiger partial charge < -0.3 is 10.4 Å². The van der Waals surface area contributed by atoms with Crippen molar-refractivity contribution in [2.45, 2.75) is 52.1 Å². The summed E-state index contributed by atoms with van der Waals surface area (Å²) in [5, 5.41) is 16.5. The number of nitrogens with one attached hydrogen (secondary N) is 1. The highest BCUT2D eigenvalue weighted by Gasteiger charge is 2.23. The standard InChI is InChI=1S/C14H23N3O2/c1-3-17-13(8-10(2)16-17)14(19)15-12-6-4-11(9-18)5-7-12/h8,11-12,18H,3-7,9H2,1-2H3,(H,15,19). The number of aryl methyl sites for hydroxylation is 2. The Labute approximate surface area is 114 Å². The summed E-state index contributed by atoms with van der Waals surface area (Å²) < 4.78 is 1.74. The third-order valence-electron chi connectivity index (χ3n) is 3.87. The number of hydrogen-bond donors (Lipinski definition) is 2. The summed E-state index contributed by atoms with van der Waals surface area (Å²) in [6.45, 7) is 4.85. The van der Waals surface area contributed by atoms with E-state index in [0.29, 0.717) is 18.2 Å². The van der Waals surface area contributed by atoms with Gasteiger partial charge >= 0.3 is 0 Å². The van der Waals surface area contributed by atoms with E-state index in [-0.39, 0.29) is 18.6 Å². The Morgan fingerprint density at radius 1 is 1.47 bits per heavy atom. The molecule has 0 aliphatic heterocycles. The zero-order chi connectivity index (χ0) is 13.8. The van der Waals surface area contributed by atoms with Crippen LogP contribution < -0.4 is 5.32 Å². The molecule has 1 saturated carbocycles. The molecule has 2 N–H and O–H groups in total. The molecular formula is C14H23N3O2. The third kappa shape index (κ3) is 3.35. The number of aromatic nitrogens is 2. The van der Waals surface area contributed by atoms with Crippen LogP contribution in [-0.2, 0) is 6.54 Å². The molecule has 0 saturated heterocycles. The Balaban J connectivity index is 1.94. The first-order chi connectivity index (χ1) is 9.13. The van der Waals surface area contributed by atoms with Crippen LogP contribution in [-0.4, -0.2) is 33.4 Å². The van der Waals surface area contributed by atoms with Crippen molar-refractivity contribution in [3.63, 3.8) is 0 Å². The van der Waals surface area contributed by atoms with E-state index in [2.05, 4.69) is 10.4 Å². The van der Waals surface area contributed by atoms with Crippen molar-refractivity contribution in [2.24, 2.45) is 5.92 Å². The summed E-state index contributed by atoms with van der Waals surface area (Å²) in [5.74, 6) is 0.381. The molecule has 0 atom stereocenters. The number of carbonyl (C=O) groups is 1. The molecule has 1 aromatic heterocycles. The largest absolute Gasteiger partial charge is 0.396 e. The molecule has 1 fully saturated rings. The topological polar surface area (TPSA) is 67.2 Å². The summed E-state index contributed by atoms with van der Waals surface area (Å²) in [6, 6.07) is 2.06. The first-order valence-corrected chi connectivity index (χ1v) is 7.10. The van der Waals surface area contributed by atoms with Gasteiger partial charge in [0, 0.05) is 19.2 Å². The molecule has 1 heterocycles. The molecule has 0 unspecified atom stereocenters. The highest BCUT2D eigenvalue weighted by Crippen LogP contribution is 2.23. The number of carbonyl (C=O) groups excluding carboxylic acids is 1. The molecule has 106 valence electrons. The average Bonchev–Trinajstić information content (AvgIpc) is 2.81. The smallest absolute Gasteiger partial charge is 0.269 e. The lowest BCUT2D eigenvalue weighted by molar-refractivity contribution is 0.0903. The summed E-state index contributed by atoms with van der Waals surface area (Å²) in [6.07, 6.45) is 3.90. The lowest BCUT2D eigenvalue weighted by Gasteiger charge is -2.27. The number of hydrogen-bond acceptors (Lipinski definition) is 3. The Hall–Kier alpha value is -1.36. The zero-order valence-electron chi connectivity index (χ0n) is 11.7. The van der Waals surface area contributed by atoms with Crippen molar-refractivity contribution in [1.82, 2.24) is 15.1 Å². The maximum atomic E-state index is 12.2. The predicted molar refractivity (Wildman–Crippen MR) is 72.9 cm³/mol. The molecule has 5 heteroatoms. The second-order valence-corrected chi connectivity index (χ2v) is 5.36. The molecule has 0 bridgehead atoms. The first-order valence-electron chi connectivity index (χ1n) is 7.10. The first kappa shape index (κ1) is 14.1.